The average molecular weight is 363 g/mol. The van der Waals surface area contributed by atoms with Gasteiger partial charge in [0, 0.05) is 0 Å². The molecule has 0 aromatic heterocycles. The van der Waals surface area contributed by atoms with Crippen molar-refractivity contribution < 1.29 is 18.8 Å². The molecule has 142 valence electrons. The average Bonchev–Trinajstić information content (AvgIpc) is 2.78. The Hall–Kier alpha value is -2.44. The maximum Gasteiger partial charge on any atom is 0.325 e. The number of nitrogens with zero attached hydrogens (tertiary/aromatic N) is 1. The van der Waals surface area contributed by atoms with Crippen molar-refractivity contribution in [3.05, 3.63) is 29.6 Å². The van der Waals surface area contributed by atoms with Gasteiger partial charge in [-0.05, 0) is 38.0 Å². The maximum absolute atomic E-state index is 13.8. The SMILES string of the molecule is CCCCCC[C@]1(C)NC(=O)N(CC(=O)Nc2ccc(C)cc2F)C1=O. The van der Waals surface area contributed by atoms with E-state index < -0.39 is 35.7 Å². The Morgan fingerprint density at radius 1 is 1.27 bits per heavy atom. The summed E-state index contributed by atoms with van der Waals surface area (Å²) < 4.78 is 13.8. The standard InChI is InChI=1S/C19H26FN3O3/c1-4-5-6-7-10-19(3)17(25)23(18(26)22-19)12-16(24)21-15-9-8-13(2)11-14(15)20/h8-9,11H,4-7,10,12H2,1-3H3,(H,21,24)(H,22,26)/t19-/m0/s1. The summed E-state index contributed by atoms with van der Waals surface area (Å²) in [5, 5.41) is 5.08. The number of carbonyl (C=O) groups excluding carboxylic acids is 3. The van der Waals surface area contributed by atoms with Gasteiger partial charge in [-0.2, -0.15) is 0 Å². The van der Waals surface area contributed by atoms with Crippen LogP contribution in [0.1, 0.15) is 51.5 Å². The van der Waals surface area contributed by atoms with Gasteiger partial charge in [0.15, 0.2) is 0 Å². The second-order valence-corrected chi connectivity index (χ2v) is 7.00. The van der Waals surface area contributed by atoms with Gasteiger partial charge in [0.25, 0.3) is 5.91 Å². The molecule has 6 nitrogen and oxygen atoms in total. The molecule has 1 aromatic rings. The van der Waals surface area contributed by atoms with Crippen molar-refractivity contribution in [3.63, 3.8) is 0 Å². The number of aryl methyl sites for hydroxylation is 1. The van der Waals surface area contributed by atoms with Gasteiger partial charge in [0.1, 0.15) is 17.9 Å². The highest BCUT2D eigenvalue weighted by Gasteiger charge is 2.47. The zero-order valence-corrected chi connectivity index (χ0v) is 15.5. The molecule has 2 N–H and O–H groups in total. The van der Waals surface area contributed by atoms with Gasteiger partial charge >= 0.3 is 6.03 Å². The van der Waals surface area contributed by atoms with Gasteiger partial charge in [-0.3, -0.25) is 14.5 Å². The first-order chi connectivity index (χ1) is 12.3. The lowest BCUT2D eigenvalue weighted by Gasteiger charge is -2.21. The molecular formula is C19H26FN3O3. The molecule has 4 amide bonds. The second kappa shape index (κ2) is 8.29. The van der Waals surface area contributed by atoms with E-state index in [9.17, 15) is 18.8 Å². The van der Waals surface area contributed by atoms with Crippen LogP contribution in [0, 0.1) is 12.7 Å². The summed E-state index contributed by atoms with van der Waals surface area (Å²) in [5.74, 6) is -1.60. The molecule has 1 fully saturated rings. The molecule has 0 spiro atoms. The van der Waals surface area contributed by atoms with E-state index in [0.717, 1.165) is 36.1 Å². The van der Waals surface area contributed by atoms with Crippen molar-refractivity contribution in [1.82, 2.24) is 10.2 Å². The van der Waals surface area contributed by atoms with Crippen molar-refractivity contribution in [2.75, 3.05) is 11.9 Å². The third-order valence-corrected chi connectivity index (χ3v) is 4.58. The lowest BCUT2D eigenvalue weighted by Crippen LogP contribution is -2.44. The van der Waals surface area contributed by atoms with Crippen molar-refractivity contribution in [1.29, 1.82) is 0 Å². The van der Waals surface area contributed by atoms with Gasteiger partial charge in [0.2, 0.25) is 5.91 Å². The van der Waals surface area contributed by atoms with Crippen LogP contribution in [0.25, 0.3) is 0 Å². The lowest BCUT2D eigenvalue weighted by atomic mass is 9.94. The summed E-state index contributed by atoms with van der Waals surface area (Å²) in [4.78, 5) is 37.8. The number of imide groups is 1. The summed E-state index contributed by atoms with van der Waals surface area (Å²) in [7, 11) is 0. The first-order valence-electron chi connectivity index (χ1n) is 8.97. The highest BCUT2D eigenvalue weighted by Crippen LogP contribution is 2.24. The quantitative estimate of drug-likeness (QED) is 0.549. The fourth-order valence-electron chi connectivity index (χ4n) is 3.02. The van der Waals surface area contributed by atoms with Gasteiger partial charge in [0.05, 0.1) is 5.69 Å². The normalized spacial score (nSPS) is 19.6. The minimum atomic E-state index is -0.986. The molecule has 0 bridgehead atoms. The van der Waals surface area contributed by atoms with Crippen LogP contribution in [-0.2, 0) is 9.59 Å². The molecule has 0 radical (unpaired) electrons. The maximum atomic E-state index is 13.8. The number of halogens is 1. The molecule has 7 heteroatoms. The topological polar surface area (TPSA) is 78.5 Å². The minimum Gasteiger partial charge on any atom is -0.323 e. The number of rotatable bonds is 8. The minimum absolute atomic E-state index is 0.0231. The fourth-order valence-corrected chi connectivity index (χ4v) is 3.02. The molecule has 1 aliphatic rings. The van der Waals surface area contributed by atoms with Crippen LogP contribution in [-0.4, -0.2) is 34.8 Å². The molecule has 1 saturated heterocycles. The van der Waals surface area contributed by atoms with Crippen LogP contribution in [0.2, 0.25) is 0 Å². The molecule has 1 heterocycles. The number of unbranched alkanes of at least 4 members (excludes halogenated alkanes) is 3. The van der Waals surface area contributed by atoms with E-state index in [1.807, 2.05) is 0 Å². The van der Waals surface area contributed by atoms with Crippen LogP contribution in [0.4, 0.5) is 14.9 Å². The zero-order valence-electron chi connectivity index (χ0n) is 15.5. The molecular weight excluding hydrogens is 337 g/mol. The zero-order chi connectivity index (χ0) is 19.3. The monoisotopic (exact) mass is 363 g/mol. The number of carbonyl (C=O) groups is 3. The van der Waals surface area contributed by atoms with Crippen molar-refractivity contribution >= 4 is 23.5 Å². The predicted molar refractivity (Wildman–Crippen MR) is 97.2 cm³/mol. The number of anilines is 1. The Bertz CT molecular complexity index is 707. The Kier molecular flexibility index (Phi) is 6.34. The van der Waals surface area contributed by atoms with Crippen LogP contribution in [0.3, 0.4) is 0 Å². The summed E-state index contributed by atoms with van der Waals surface area (Å²) in [6.07, 6.45) is 4.50. The molecule has 0 aliphatic carbocycles. The summed E-state index contributed by atoms with van der Waals surface area (Å²) >= 11 is 0. The van der Waals surface area contributed by atoms with E-state index in [-0.39, 0.29) is 5.69 Å². The number of urea groups is 1. The van der Waals surface area contributed by atoms with E-state index in [1.54, 1.807) is 19.9 Å². The number of hydrogen-bond acceptors (Lipinski definition) is 3. The predicted octanol–water partition coefficient (Wildman–Crippen LogP) is 3.35. The number of amides is 4. The molecule has 1 atom stereocenters. The lowest BCUT2D eigenvalue weighted by molar-refractivity contribution is -0.133. The van der Waals surface area contributed by atoms with Crippen LogP contribution < -0.4 is 10.6 Å². The molecule has 1 aromatic carbocycles. The van der Waals surface area contributed by atoms with Gasteiger partial charge in [-0.1, -0.05) is 38.7 Å². The molecule has 26 heavy (non-hydrogen) atoms. The smallest absolute Gasteiger partial charge is 0.323 e. The van der Waals surface area contributed by atoms with Crippen molar-refractivity contribution in [2.24, 2.45) is 0 Å². The Morgan fingerprint density at radius 2 is 2.00 bits per heavy atom. The second-order valence-electron chi connectivity index (χ2n) is 7.00. The van der Waals surface area contributed by atoms with Crippen molar-refractivity contribution in [2.45, 2.75) is 58.4 Å². The van der Waals surface area contributed by atoms with E-state index in [1.165, 1.54) is 12.1 Å². The Labute approximate surface area is 153 Å². The van der Waals surface area contributed by atoms with Gasteiger partial charge in [-0.15, -0.1) is 0 Å². The number of nitrogens with one attached hydrogen (secondary N) is 2. The number of hydrogen-bond donors (Lipinski definition) is 2. The highest BCUT2D eigenvalue weighted by atomic mass is 19.1. The van der Waals surface area contributed by atoms with E-state index in [0.29, 0.717) is 6.42 Å². The Balaban J connectivity index is 1.97. The third-order valence-electron chi connectivity index (χ3n) is 4.58. The van der Waals surface area contributed by atoms with E-state index in [4.69, 9.17) is 0 Å². The fraction of sp³-hybridized carbons (Fsp3) is 0.526. The molecule has 1 aliphatic heterocycles. The van der Waals surface area contributed by atoms with E-state index >= 15 is 0 Å². The largest absolute Gasteiger partial charge is 0.325 e. The molecule has 0 unspecified atom stereocenters. The highest BCUT2D eigenvalue weighted by molar-refractivity contribution is 6.09. The summed E-state index contributed by atoms with van der Waals surface area (Å²) in [6.45, 7) is 5.07. The molecule has 2 rings (SSSR count). The van der Waals surface area contributed by atoms with Crippen LogP contribution >= 0.6 is 0 Å². The van der Waals surface area contributed by atoms with Gasteiger partial charge in [-0.25, -0.2) is 9.18 Å². The summed E-state index contributed by atoms with van der Waals surface area (Å²) in [6, 6.07) is 3.83. The first-order valence-corrected chi connectivity index (χ1v) is 8.97. The van der Waals surface area contributed by atoms with Crippen LogP contribution in [0.5, 0.6) is 0 Å². The molecule has 0 saturated carbocycles. The first kappa shape index (κ1) is 19.9. The van der Waals surface area contributed by atoms with E-state index in [2.05, 4.69) is 17.6 Å². The van der Waals surface area contributed by atoms with Crippen LogP contribution in [0.15, 0.2) is 18.2 Å². The summed E-state index contributed by atoms with van der Waals surface area (Å²) in [5.41, 5.74) is -0.233. The third kappa shape index (κ3) is 4.59. The van der Waals surface area contributed by atoms with Crippen molar-refractivity contribution in [3.8, 4) is 0 Å². The number of benzene rings is 1. The Morgan fingerprint density at radius 3 is 2.65 bits per heavy atom. The van der Waals surface area contributed by atoms with Gasteiger partial charge < -0.3 is 10.6 Å².